The molecule has 2 aromatic rings. The van der Waals surface area contributed by atoms with E-state index in [1.54, 1.807) is 12.1 Å². The molecule has 1 aliphatic carbocycles. The molecule has 0 aromatic heterocycles. The van der Waals surface area contributed by atoms with E-state index in [0.29, 0.717) is 5.56 Å². The fourth-order valence-corrected chi connectivity index (χ4v) is 4.82. The predicted molar refractivity (Wildman–Crippen MR) is 144 cm³/mol. The van der Waals surface area contributed by atoms with Gasteiger partial charge in [0.1, 0.15) is 37.7 Å². The van der Waals surface area contributed by atoms with Crippen LogP contribution in [0.5, 0.6) is 0 Å². The minimum absolute atomic E-state index is 0. The zero-order valence-corrected chi connectivity index (χ0v) is 22.6. The first-order chi connectivity index (χ1) is 17.6. The molecule has 0 radical (unpaired) electrons. The largest absolute Gasteiger partial charge is 1.00 e. The Balaban J connectivity index is 0.00000380. The molecule has 0 bridgehead atoms. The van der Waals surface area contributed by atoms with E-state index >= 15 is 0 Å². The minimum atomic E-state index is -0.716. The molecular formula is C30H34ClFN2O3. The fourth-order valence-electron chi connectivity index (χ4n) is 4.82. The van der Waals surface area contributed by atoms with Gasteiger partial charge in [-0.05, 0) is 57.5 Å². The van der Waals surface area contributed by atoms with Crippen LogP contribution in [0.2, 0.25) is 0 Å². The topological polar surface area (TPSA) is 45.7 Å². The summed E-state index contributed by atoms with van der Waals surface area (Å²) < 4.78 is 26.7. The van der Waals surface area contributed by atoms with Gasteiger partial charge in [0, 0.05) is 47.4 Å². The molecule has 1 heterocycles. The number of ether oxygens (including phenoxy) is 1. The molecule has 0 N–H and O–H groups in total. The van der Waals surface area contributed by atoms with Crippen LogP contribution in [-0.2, 0) is 4.74 Å². The number of hydrogen-bond acceptors (Lipinski definition) is 4. The van der Waals surface area contributed by atoms with Gasteiger partial charge >= 0.3 is 5.97 Å². The van der Waals surface area contributed by atoms with Crippen LogP contribution in [-0.4, -0.2) is 45.4 Å². The molecule has 0 fully saturated rings. The van der Waals surface area contributed by atoms with Crippen LogP contribution in [0.3, 0.4) is 0 Å². The lowest BCUT2D eigenvalue weighted by Crippen LogP contribution is -3.00. The van der Waals surface area contributed by atoms with E-state index in [4.69, 9.17) is 9.15 Å². The van der Waals surface area contributed by atoms with E-state index in [9.17, 15) is 9.18 Å². The first kappa shape index (κ1) is 28.2. The number of carbonyl (C=O) groups excluding carboxylic acids is 1. The number of halogens is 2. The molecule has 37 heavy (non-hydrogen) atoms. The van der Waals surface area contributed by atoms with Gasteiger partial charge in [0.25, 0.3) is 0 Å². The third kappa shape index (κ3) is 5.64. The molecule has 0 saturated carbocycles. The second-order valence-electron chi connectivity index (χ2n) is 8.55. The maximum Gasteiger partial charge on any atom is 0.338 e. The second kappa shape index (κ2) is 12.7. The van der Waals surface area contributed by atoms with Gasteiger partial charge in [-0.15, -0.1) is 0 Å². The SMILES string of the molecule is CCN(CC)c1ccc2c(-c3ccccc3C(=O)OCC[18F])c3ccc(=[N+](CC)CC)cc-3oc2c1.[Cl-]. The number of hydrogen-bond donors (Lipinski definition) is 0. The summed E-state index contributed by atoms with van der Waals surface area (Å²) in [5.74, 6) is 0.204. The van der Waals surface area contributed by atoms with E-state index in [1.165, 1.54) is 0 Å². The average molecular weight is 524 g/mol. The van der Waals surface area contributed by atoms with Crippen LogP contribution in [0.4, 0.5) is 10.1 Å². The molecule has 0 amide bonds. The first-order valence-corrected chi connectivity index (χ1v) is 12.7. The number of fused-ring (bicyclic) bond motifs is 2. The fraction of sp³-hybridized carbons (Fsp3) is 0.333. The number of alkyl halides is 1. The van der Waals surface area contributed by atoms with E-state index < -0.39 is 12.6 Å². The smallest absolute Gasteiger partial charge is 0.338 e. The Morgan fingerprint density at radius 3 is 2.35 bits per heavy atom. The molecular weight excluding hydrogens is 490 g/mol. The van der Waals surface area contributed by atoms with Crippen molar-refractivity contribution in [3.63, 3.8) is 0 Å². The summed E-state index contributed by atoms with van der Waals surface area (Å²) in [6, 6.07) is 19.8. The van der Waals surface area contributed by atoms with Crippen LogP contribution >= 0.6 is 0 Å². The van der Waals surface area contributed by atoms with Crippen molar-refractivity contribution in [3.05, 3.63) is 71.6 Å². The normalized spacial score (nSPS) is 10.8. The summed E-state index contributed by atoms with van der Waals surface area (Å²) in [5, 5.41) is 1.98. The molecule has 2 aromatic carbocycles. The Morgan fingerprint density at radius 2 is 1.68 bits per heavy atom. The monoisotopic (exact) mass is 523 g/mol. The summed E-state index contributed by atoms with van der Waals surface area (Å²) in [4.78, 5) is 15.2. The highest BCUT2D eigenvalue weighted by Gasteiger charge is 2.23. The van der Waals surface area contributed by atoms with Gasteiger partial charge in [0.2, 0.25) is 5.36 Å². The van der Waals surface area contributed by atoms with Gasteiger partial charge in [-0.1, -0.05) is 18.2 Å². The maximum atomic E-state index is 12.9. The molecule has 1 aliphatic heterocycles. The highest BCUT2D eigenvalue weighted by atomic mass is 35.5. The van der Waals surface area contributed by atoms with Crippen molar-refractivity contribution in [1.82, 2.24) is 4.58 Å². The Bertz CT molecular complexity index is 1410. The Hall–Kier alpha value is -3.38. The van der Waals surface area contributed by atoms with Crippen molar-refractivity contribution < 1.29 is 30.7 Å². The van der Waals surface area contributed by atoms with Crippen molar-refractivity contribution in [1.29, 1.82) is 0 Å². The van der Waals surface area contributed by atoms with Crippen molar-refractivity contribution >= 4 is 22.6 Å². The van der Waals surface area contributed by atoms with Gasteiger partial charge in [-0.25, -0.2) is 13.8 Å². The summed E-state index contributed by atoms with van der Waals surface area (Å²) >= 11 is 0. The number of anilines is 1. The number of benzene rings is 3. The number of carbonyl (C=O) groups is 1. The number of nitrogens with zero attached hydrogens (tertiary/aromatic N) is 2. The van der Waals surface area contributed by atoms with Crippen molar-refractivity contribution in [2.75, 3.05) is 44.4 Å². The molecule has 196 valence electrons. The summed E-state index contributed by atoms with van der Waals surface area (Å²) in [7, 11) is 0. The van der Waals surface area contributed by atoms with Gasteiger partial charge < -0.3 is 26.5 Å². The average Bonchev–Trinajstić information content (AvgIpc) is 2.91. The minimum Gasteiger partial charge on any atom is -1.00 e. The lowest BCUT2D eigenvalue weighted by molar-refractivity contribution is -0.0000253. The van der Waals surface area contributed by atoms with E-state index in [0.717, 1.165) is 70.6 Å². The third-order valence-electron chi connectivity index (χ3n) is 6.67. The van der Waals surface area contributed by atoms with E-state index in [1.807, 2.05) is 12.1 Å². The van der Waals surface area contributed by atoms with Crippen LogP contribution in [0.1, 0.15) is 38.1 Å². The highest BCUT2D eigenvalue weighted by molar-refractivity contribution is 6.08. The molecule has 0 atom stereocenters. The van der Waals surface area contributed by atoms with Crippen molar-refractivity contribution in [2.24, 2.45) is 0 Å². The highest BCUT2D eigenvalue weighted by Crippen LogP contribution is 2.42. The summed E-state index contributed by atoms with van der Waals surface area (Å²) in [6.07, 6.45) is 0. The van der Waals surface area contributed by atoms with Crippen LogP contribution < -0.4 is 27.2 Å². The lowest BCUT2D eigenvalue weighted by Gasteiger charge is -2.22. The molecule has 0 saturated heterocycles. The van der Waals surface area contributed by atoms with Crippen molar-refractivity contribution in [3.8, 4) is 22.5 Å². The van der Waals surface area contributed by atoms with Crippen LogP contribution in [0, 0.1) is 0 Å². The van der Waals surface area contributed by atoms with E-state index in [-0.39, 0.29) is 19.0 Å². The maximum absolute atomic E-state index is 12.9. The first-order valence-electron chi connectivity index (χ1n) is 12.7. The van der Waals surface area contributed by atoms with Gasteiger partial charge in [0.05, 0.1) is 11.6 Å². The molecule has 0 unspecified atom stereocenters. The lowest BCUT2D eigenvalue weighted by atomic mass is 9.90. The predicted octanol–water partition coefficient (Wildman–Crippen LogP) is 2.99. The Morgan fingerprint density at radius 1 is 0.946 bits per heavy atom. The molecule has 0 spiro atoms. The molecule has 4 rings (SSSR count). The van der Waals surface area contributed by atoms with E-state index in [2.05, 4.69) is 73.6 Å². The Kier molecular flexibility index (Phi) is 9.70. The third-order valence-corrected chi connectivity index (χ3v) is 6.67. The summed E-state index contributed by atoms with van der Waals surface area (Å²) in [6.45, 7) is 11.1. The molecule has 7 heteroatoms. The quantitative estimate of drug-likeness (QED) is 0.192. The van der Waals surface area contributed by atoms with Crippen LogP contribution in [0.25, 0.3) is 33.4 Å². The number of esters is 1. The zero-order valence-electron chi connectivity index (χ0n) is 21.9. The summed E-state index contributed by atoms with van der Waals surface area (Å²) in [5.41, 5.74) is 4.76. The van der Waals surface area contributed by atoms with Gasteiger partial charge in [0.15, 0.2) is 0 Å². The molecule has 2 aliphatic rings. The second-order valence-corrected chi connectivity index (χ2v) is 8.55. The zero-order chi connectivity index (χ0) is 25.7. The standard InChI is InChI=1S/C30H34FN2O3.ClH/c1-5-32(6-2)21-13-15-25-27(19-21)36-28-20-22(33(7-3)8-4)14-16-26(28)29(25)23-11-9-10-12-24(23)30(34)35-18-17-31;/h9-16,19-20H,5-8,17-18H2,1-4H3;1H/q+1;/p-1/i31-1;. The van der Waals surface area contributed by atoms with Crippen LogP contribution in [0.15, 0.2) is 65.1 Å². The Labute approximate surface area is 223 Å². The number of rotatable bonds is 9. The van der Waals surface area contributed by atoms with Gasteiger partial charge in [-0.3, -0.25) is 0 Å². The van der Waals surface area contributed by atoms with Crippen molar-refractivity contribution in [2.45, 2.75) is 27.7 Å². The van der Waals surface area contributed by atoms with Gasteiger partial charge in [-0.2, -0.15) is 0 Å². The molecule has 5 nitrogen and oxygen atoms in total.